The number of H-pyrrole nitrogens is 1. The van der Waals surface area contributed by atoms with Crippen LogP contribution in [0.15, 0.2) is 30.5 Å². The van der Waals surface area contributed by atoms with Gasteiger partial charge in [0.1, 0.15) is 5.69 Å². The highest BCUT2D eigenvalue weighted by Crippen LogP contribution is 2.20. The van der Waals surface area contributed by atoms with E-state index in [0.717, 1.165) is 5.56 Å². The number of halogens is 1. The number of aromatic amines is 1. The molecule has 0 atom stereocenters. The molecule has 0 aliphatic heterocycles. The van der Waals surface area contributed by atoms with Crippen LogP contribution < -0.4 is 5.32 Å². The molecule has 0 radical (unpaired) electrons. The van der Waals surface area contributed by atoms with Crippen LogP contribution in [-0.4, -0.2) is 15.8 Å². The van der Waals surface area contributed by atoms with Crippen molar-refractivity contribution in [3.63, 3.8) is 0 Å². The topological polar surface area (TPSA) is 88.0 Å². The van der Waals surface area contributed by atoms with Gasteiger partial charge in [0.05, 0.1) is 11.1 Å². The Hall–Kier alpha value is -2.34. The molecular weight excluding hydrogens is 270 g/mol. The Bertz CT molecular complexity index is 651. The molecule has 19 heavy (non-hydrogen) atoms. The number of aromatic nitrogens is 1. The van der Waals surface area contributed by atoms with Crippen LogP contribution in [0.2, 0.25) is 5.02 Å². The van der Waals surface area contributed by atoms with Gasteiger partial charge in [-0.05, 0) is 30.7 Å². The van der Waals surface area contributed by atoms with Crippen molar-refractivity contribution in [2.75, 3.05) is 5.32 Å². The third-order valence-electron chi connectivity index (χ3n) is 2.56. The summed E-state index contributed by atoms with van der Waals surface area (Å²) >= 11 is 5.81. The quantitative estimate of drug-likeness (QED) is 0.668. The van der Waals surface area contributed by atoms with Gasteiger partial charge in [0.2, 0.25) is 0 Å². The average molecular weight is 280 g/mol. The van der Waals surface area contributed by atoms with Crippen LogP contribution in [0, 0.1) is 17.0 Å². The molecule has 1 heterocycles. The Morgan fingerprint density at radius 3 is 2.74 bits per heavy atom. The Kier molecular flexibility index (Phi) is 3.52. The molecule has 2 N–H and O–H groups in total. The standard InChI is InChI=1S/C12H10ClN3O3/c1-7-4-8(13)2-3-10(7)15-12(17)11-5-9(6-14-11)16(18)19/h2-6,14H,1H3,(H,15,17). The number of carbonyl (C=O) groups excluding carboxylic acids is 1. The molecule has 7 heteroatoms. The molecule has 1 amide bonds. The SMILES string of the molecule is Cc1cc(Cl)ccc1NC(=O)c1cc([N+](=O)[O-])c[nH]1. The molecule has 0 bridgehead atoms. The molecular formula is C12H10ClN3O3. The largest absolute Gasteiger partial charge is 0.351 e. The van der Waals surface area contributed by atoms with Gasteiger partial charge in [0, 0.05) is 16.8 Å². The average Bonchev–Trinajstić information content (AvgIpc) is 2.82. The Morgan fingerprint density at radius 2 is 2.16 bits per heavy atom. The highest BCUT2D eigenvalue weighted by molar-refractivity contribution is 6.30. The van der Waals surface area contributed by atoms with Crippen LogP contribution in [0.1, 0.15) is 16.1 Å². The lowest BCUT2D eigenvalue weighted by Crippen LogP contribution is -2.13. The molecule has 98 valence electrons. The molecule has 0 aliphatic carbocycles. The van der Waals surface area contributed by atoms with E-state index in [1.54, 1.807) is 25.1 Å². The summed E-state index contributed by atoms with van der Waals surface area (Å²) in [4.78, 5) is 24.4. The van der Waals surface area contributed by atoms with E-state index in [4.69, 9.17) is 11.6 Å². The summed E-state index contributed by atoms with van der Waals surface area (Å²) in [5.41, 5.74) is 1.38. The zero-order chi connectivity index (χ0) is 14.0. The summed E-state index contributed by atoms with van der Waals surface area (Å²) in [5, 5.41) is 13.8. The van der Waals surface area contributed by atoms with E-state index >= 15 is 0 Å². The van der Waals surface area contributed by atoms with Gasteiger partial charge >= 0.3 is 0 Å². The number of nitrogens with zero attached hydrogens (tertiary/aromatic N) is 1. The predicted molar refractivity (Wildman–Crippen MR) is 71.6 cm³/mol. The fourth-order valence-electron chi connectivity index (χ4n) is 1.58. The number of nitro groups is 1. The van der Waals surface area contributed by atoms with E-state index in [0.29, 0.717) is 10.7 Å². The lowest BCUT2D eigenvalue weighted by atomic mass is 10.2. The van der Waals surface area contributed by atoms with E-state index in [-0.39, 0.29) is 11.4 Å². The maximum atomic E-state index is 11.9. The maximum absolute atomic E-state index is 11.9. The molecule has 0 saturated carbocycles. The molecule has 2 aromatic rings. The fourth-order valence-corrected chi connectivity index (χ4v) is 1.80. The van der Waals surface area contributed by atoms with E-state index < -0.39 is 10.8 Å². The summed E-state index contributed by atoms with van der Waals surface area (Å²) in [5.74, 6) is -0.446. The van der Waals surface area contributed by atoms with Crippen molar-refractivity contribution < 1.29 is 9.72 Å². The van der Waals surface area contributed by atoms with Crippen molar-refractivity contribution in [3.05, 3.63) is 56.9 Å². The minimum atomic E-state index is -0.569. The highest BCUT2D eigenvalue weighted by Gasteiger charge is 2.15. The minimum absolute atomic E-state index is 0.126. The number of rotatable bonds is 3. The van der Waals surface area contributed by atoms with Crippen LogP contribution in [0.4, 0.5) is 11.4 Å². The highest BCUT2D eigenvalue weighted by atomic mass is 35.5. The van der Waals surface area contributed by atoms with Gasteiger partial charge in [-0.3, -0.25) is 14.9 Å². The molecule has 6 nitrogen and oxygen atoms in total. The third kappa shape index (κ3) is 2.92. The third-order valence-corrected chi connectivity index (χ3v) is 2.79. The summed E-state index contributed by atoms with van der Waals surface area (Å²) in [6.07, 6.45) is 1.17. The molecule has 0 aliphatic rings. The number of benzene rings is 1. The number of anilines is 1. The van der Waals surface area contributed by atoms with Crippen molar-refractivity contribution in [2.45, 2.75) is 6.92 Å². The lowest BCUT2D eigenvalue weighted by Gasteiger charge is -2.07. The zero-order valence-corrected chi connectivity index (χ0v) is 10.7. The number of hydrogen-bond donors (Lipinski definition) is 2. The van der Waals surface area contributed by atoms with Crippen LogP contribution in [0.5, 0.6) is 0 Å². The van der Waals surface area contributed by atoms with E-state index in [2.05, 4.69) is 10.3 Å². The van der Waals surface area contributed by atoms with Crippen LogP contribution in [0.25, 0.3) is 0 Å². The zero-order valence-electron chi connectivity index (χ0n) is 9.94. The Balaban J connectivity index is 2.18. The predicted octanol–water partition coefficient (Wildman–Crippen LogP) is 3.14. The van der Waals surface area contributed by atoms with Gasteiger partial charge in [0.15, 0.2) is 0 Å². The molecule has 1 aromatic heterocycles. The monoisotopic (exact) mass is 279 g/mol. The van der Waals surface area contributed by atoms with Crippen LogP contribution in [-0.2, 0) is 0 Å². The van der Waals surface area contributed by atoms with Crippen molar-refractivity contribution in [1.82, 2.24) is 4.98 Å². The van der Waals surface area contributed by atoms with Gasteiger partial charge in [-0.2, -0.15) is 0 Å². The summed E-state index contributed by atoms with van der Waals surface area (Å²) in [6.45, 7) is 1.80. The summed E-state index contributed by atoms with van der Waals surface area (Å²) in [7, 11) is 0. The second-order valence-corrected chi connectivity index (χ2v) is 4.38. The number of amides is 1. The van der Waals surface area contributed by atoms with E-state index in [1.165, 1.54) is 12.3 Å². The normalized spacial score (nSPS) is 10.2. The first-order valence-electron chi connectivity index (χ1n) is 5.37. The van der Waals surface area contributed by atoms with Gasteiger partial charge < -0.3 is 10.3 Å². The molecule has 0 unspecified atom stereocenters. The number of hydrogen-bond acceptors (Lipinski definition) is 3. The first-order valence-corrected chi connectivity index (χ1v) is 5.75. The van der Waals surface area contributed by atoms with Gasteiger partial charge in [-0.1, -0.05) is 11.6 Å². The summed E-state index contributed by atoms with van der Waals surface area (Å²) in [6, 6.07) is 6.23. The molecule has 1 aromatic carbocycles. The number of nitrogens with one attached hydrogen (secondary N) is 2. The fraction of sp³-hybridized carbons (Fsp3) is 0.0833. The van der Waals surface area contributed by atoms with Gasteiger partial charge in [0.25, 0.3) is 11.6 Å². The van der Waals surface area contributed by atoms with Crippen molar-refractivity contribution >= 4 is 28.9 Å². The molecule has 0 spiro atoms. The van der Waals surface area contributed by atoms with Gasteiger partial charge in [-0.15, -0.1) is 0 Å². The van der Waals surface area contributed by atoms with E-state index in [1.807, 2.05) is 0 Å². The Labute approximate surface area is 113 Å². The van der Waals surface area contributed by atoms with Gasteiger partial charge in [-0.25, -0.2) is 0 Å². The van der Waals surface area contributed by atoms with Crippen LogP contribution >= 0.6 is 11.6 Å². The summed E-state index contributed by atoms with van der Waals surface area (Å²) < 4.78 is 0. The van der Waals surface area contributed by atoms with Crippen molar-refractivity contribution in [3.8, 4) is 0 Å². The number of aryl methyl sites for hydroxylation is 1. The van der Waals surface area contributed by atoms with Crippen LogP contribution in [0.3, 0.4) is 0 Å². The molecule has 0 fully saturated rings. The Morgan fingerprint density at radius 1 is 1.42 bits per heavy atom. The first kappa shape index (κ1) is 13.1. The molecule has 2 rings (SSSR count). The number of carbonyl (C=O) groups is 1. The van der Waals surface area contributed by atoms with Crippen molar-refractivity contribution in [2.24, 2.45) is 0 Å². The first-order chi connectivity index (χ1) is 8.97. The lowest BCUT2D eigenvalue weighted by molar-refractivity contribution is -0.384. The molecule has 0 saturated heterocycles. The smallest absolute Gasteiger partial charge is 0.287 e. The second-order valence-electron chi connectivity index (χ2n) is 3.94. The second kappa shape index (κ2) is 5.11. The van der Waals surface area contributed by atoms with E-state index in [9.17, 15) is 14.9 Å². The van der Waals surface area contributed by atoms with Crippen molar-refractivity contribution in [1.29, 1.82) is 0 Å². The minimum Gasteiger partial charge on any atom is -0.351 e. The maximum Gasteiger partial charge on any atom is 0.287 e.